The van der Waals surface area contributed by atoms with E-state index in [0.29, 0.717) is 5.56 Å². The molecule has 0 saturated carbocycles. The quantitative estimate of drug-likeness (QED) is 0.826. The van der Waals surface area contributed by atoms with Crippen molar-refractivity contribution >= 4 is 11.6 Å². The van der Waals surface area contributed by atoms with Crippen molar-refractivity contribution in [2.24, 2.45) is 0 Å². The van der Waals surface area contributed by atoms with Crippen molar-refractivity contribution in [3.8, 4) is 0 Å². The Hall–Kier alpha value is -1.55. The first kappa shape index (κ1) is 15.5. The summed E-state index contributed by atoms with van der Waals surface area (Å²) in [4.78, 5) is 14.2. The predicted molar refractivity (Wildman–Crippen MR) is 80.8 cm³/mol. The van der Waals surface area contributed by atoms with Gasteiger partial charge in [0.05, 0.1) is 0 Å². The summed E-state index contributed by atoms with van der Waals surface area (Å²) in [6.07, 6.45) is 0. The second-order valence-corrected chi connectivity index (χ2v) is 5.20. The molecule has 1 aromatic rings. The summed E-state index contributed by atoms with van der Waals surface area (Å²) in [6.45, 7) is 7.80. The van der Waals surface area contributed by atoms with Crippen LogP contribution < -0.4 is 10.6 Å². The van der Waals surface area contributed by atoms with Crippen LogP contribution >= 0.6 is 0 Å². The van der Waals surface area contributed by atoms with Crippen LogP contribution in [0.25, 0.3) is 0 Å². The number of rotatable bonds is 6. The Bertz CT molecular complexity index is 429. The minimum absolute atomic E-state index is 0.0134. The van der Waals surface area contributed by atoms with E-state index in [9.17, 15) is 4.79 Å². The number of carbonyl (C=O) groups excluding carboxylic acids is 1. The van der Waals surface area contributed by atoms with Gasteiger partial charge < -0.3 is 15.5 Å². The topological polar surface area (TPSA) is 44.4 Å². The molecule has 0 radical (unpaired) electrons. The average Bonchev–Trinajstić information content (AvgIpc) is 2.30. The summed E-state index contributed by atoms with van der Waals surface area (Å²) < 4.78 is 0. The van der Waals surface area contributed by atoms with Crippen molar-refractivity contribution in [2.45, 2.75) is 26.8 Å². The van der Waals surface area contributed by atoms with Gasteiger partial charge in [0.25, 0.3) is 5.91 Å². The summed E-state index contributed by atoms with van der Waals surface area (Å²) in [5.74, 6) is -0.0134. The largest absolute Gasteiger partial charge is 0.385 e. The van der Waals surface area contributed by atoms with E-state index in [4.69, 9.17) is 0 Å². The van der Waals surface area contributed by atoms with E-state index in [1.54, 1.807) is 0 Å². The van der Waals surface area contributed by atoms with Gasteiger partial charge in [-0.15, -0.1) is 0 Å². The second kappa shape index (κ2) is 7.14. The second-order valence-electron chi connectivity index (χ2n) is 5.20. The molecule has 0 bridgehead atoms. The van der Waals surface area contributed by atoms with Crippen LogP contribution in [0.15, 0.2) is 18.2 Å². The fraction of sp³-hybridized carbons (Fsp3) is 0.533. The van der Waals surface area contributed by atoms with Gasteiger partial charge in [0.15, 0.2) is 0 Å². The van der Waals surface area contributed by atoms with E-state index in [0.717, 1.165) is 24.3 Å². The number of hydrogen-bond acceptors (Lipinski definition) is 3. The van der Waals surface area contributed by atoms with Gasteiger partial charge in [-0.1, -0.05) is 0 Å². The average molecular weight is 263 g/mol. The molecule has 2 N–H and O–H groups in total. The highest BCUT2D eigenvalue weighted by Crippen LogP contribution is 2.16. The van der Waals surface area contributed by atoms with E-state index in [-0.39, 0.29) is 11.9 Å². The molecule has 1 amide bonds. The molecule has 1 rings (SSSR count). The van der Waals surface area contributed by atoms with Crippen molar-refractivity contribution < 1.29 is 4.79 Å². The van der Waals surface area contributed by atoms with E-state index < -0.39 is 0 Å². The first-order valence-electron chi connectivity index (χ1n) is 6.74. The van der Waals surface area contributed by atoms with Crippen LogP contribution in [0.4, 0.5) is 5.69 Å². The highest BCUT2D eigenvalue weighted by molar-refractivity contribution is 5.95. The number of nitrogens with one attached hydrogen (secondary N) is 2. The number of hydrogen-bond donors (Lipinski definition) is 2. The minimum atomic E-state index is -0.0134. The van der Waals surface area contributed by atoms with Crippen molar-refractivity contribution in [3.05, 3.63) is 29.3 Å². The van der Waals surface area contributed by atoms with E-state index in [2.05, 4.69) is 22.5 Å². The van der Waals surface area contributed by atoms with Gasteiger partial charge in [0.2, 0.25) is 0 Å². The summed E-state index contributed by atoms with van der Waals surface area (Å²) in [7, 11) is 4.00. The first-order valence-corrected chi connectivity index (χ1v) is 6.74. The van der Waals surface area contributed by atoms with Gasteiger partial charge in [-0.05, 0) is 58.6 Å². The maximum absolute atomic E-state index is 12.1. The van der Waals surface area contributed by atoms with Gasteiger partial charge in [0, 0.05) is 30.4 Å². The van der Waals surface area contributed by atoms with Crippen LogP contribution in [0.2, 0.25) is 0 Å². The Morgan fingerprint density at radius 3 is 2.58 bits per heavy atom. The fourth-order valence-electron chi connectivity index (χ4n) is 2.09. The Balaban J connectivity index is 2.69. The highest BCUT2D eigenvalue weighted by atomic mass is 16.1. The van der Waals surface area contributed by atoms with Gasteiger partial charge in [-0.25, -0.2) is 0 Å². The Labute approximate surface area is 116 Å². The minimum Gasteiger partial charge on any atom is -0.385 e. The number of benzene rings is 1. The van der Waals surface area contributed by atoms with Gasteiger partial charge in [0.1, 0.15) is 0 Å². The summed E-state index contributed by atoms with van der Waals surface area (Å²) in [5.41, 5.74) is 2.89. The molecule has 1 unspecified atom stereocenters. The number of amides is 1. The molecule has 0 aliphatic heterocycles. The zero-order valence-corrected chi connectivity index (χ0v) is 12.6. The molecular formula is C15H25N3O. The van der Waals surface area contributed by atoms with Crippen LogP contribution in [0.3, 0.4) is 0 Å². The SMILES string of the molecule is CCNc1ccc(C(=O)NC(C)CN(C)C)cc1C. The molecule has 19 heavy (non-hydrogen) atoms. The van der Waals surface area contributed by atoms with Crippen LogP contribution in [-0.4, -0.2) is 44.0 Å². The molecule has 0 saturated heterocycles. The predicted octanol–water partition coefficient (Wildman–Crippen LogP) is 2.11. The monoisotopic (exact) mass is 263 g/mol. The van der Waals surface area contributed by atoms with Crippen LogP contribution in [-0.2, 0) is 0 Å². The van der Waals surface area contributed by atoms with Crippen molar-refractivity contribution in [1.82, 2.24) is 10.2 Å². The maximum atomic E-state index is 12.1. The summed E-state index contributed by atoms with van der Waals surface area (Å²) in [6, 6.07) is 5.89. The van der Waals surface area contributed by atoms with E-state index >= 15 is 0 Å². The number of carbonyl (C=O) groups is 1. The van der Waals surface area contributed by atoms with Crippen LogP contribution in [0.1, 0.15) is 29.8 Å². The number of likely N-dealkylation sites (N-methyl/N-ethyl adjacent to an activating group) is 1. The molecule has 4 heteroatoms. The Kier molecular flexibility index (Phi) is 5.83. The van der Waals surface area contributed by atoms with Crippen molar-refractivity contribution in [3.63, 3.8) is 0 Å². The van der Waals surface area contributed by atoms with Crippen molar-refractivity contribution in [2.75, 3.05) is 32.5 Å². The lowest BCUT2D eigenvalue weighted by atomic mass is 10.1. The maximum Gasteiger partial charge on any atom is 0.251 e. The Morgan fingerprint density at radius 2 is 2.05 bits per heavy atom. The molecule has 106 valence electrons. The standard InChI is InChI=1S/C15H25N3O/c1-6-16-14-8-7-13(9-11(14)2)15(19)17-12(3)10-18(4)5/h7-9,12,16H,6,10H2,1-5H3,(H,17,19). The van der Waals surface area contributed by atoms with Gasteiger partial charge in [-0.2, -0.15) is 0 Å². The lowest BCUT2D eigenvalue weighted by Crippen LogP contribution is -2.39. The van der Waals surface area contributed by atoms with Crippen LogP contribution in [0, 0.1) is 6.92 Å². The van der Waals surface area contributed by atoms with E-state index in [1.165, 1.54) is 0 Å². The van der Waals surface area contributed by atoms with Gasteiger partial charge in [-0.3, -0.25) is 4.79 Å². The molecule has 1 atom stereocenters. The normalized spacial score (nSPS) is 12.3. The van der Waals surface area contributed by atoms with Crippen LogP contribution in [0.5, 0.6) is 0 Å². The molecule has 1 aromatic carbocycles. The van der Waals surface area contributed by atoms with Crippen molar-refractivity contribution in [1.29, 1.82) is 0 Å². The lowest BCUT2D eigenvalue weighted by Gasteiger charge is -2.18. The number of anilines is 1. The zero-order valence-electron chi connectivity index (χ0n) is 12.6. The molecule has 0 spiro atoms. The third kappa shape index (κ3) is 4.91. The lowest BCUT2D eigenvalue weighted by molar-refractivity contribution is 0.0934. The van der Waals surface area contributed by atoms with Gasteiger partial charge >= 0.3 is 0 Å². The first-order chi connectivity index (χ1) is 8.93. The summed E-state index contributed by atoms with van der Waals surface area (Å²) >= 11 is 0. The third-order valence-corrected chi connectivity index (χ3v) is 2.87. The fourth-order valence-corrected chi connectivity index (χ4v) is 2.09. The molecule has 4 nitrogen and oxygen atoms in total. The summed E-state index contributed by atoms with van der Waals surface area (Å²) in [5, 5.41) is 6.28. The molecule has 0 aromatic heterocycles. The molecule has 0 aliphatic carbocycles. The zero-order chi connectivity index (χ0) is 14.4. The third-order valence-electron chi connectivity index (χ3n) is 2.87. The molecular weight excluding hydrogens is 238 g/mol. The molecule has 0 heterocycles. The van der Waals surface area contributed by atoms with E-state index in [1.807, 2.05) is 46.1 Å². The Morgan fingerprint density at radius 1 is 1.37 bits per heavy atom. The number of nitrogens with zero attached hydrogens (tertiary/aromatic N) is 1. The molecule has 0 fully saturated rings. The smallest absolute Gasteiger partial charge is 0.251 e. The molecule has 0 aliphatic rings. The number of aryl methyl sites for hydroxylation is 1. The highest BCUT2D eigenvalue weighted by Gasteiger charge is 2.11.